The van der Waals surface area contributed by atoms with Crippen LogP contribution < -0.4 is 10.6 Å². The van der Waals surface area contributed by atoms with Gasteiger partial charge in [-0.15, -0.1) is 0 Å². The molecule has 0 fully saturated rings. The molecule has 0 aliphatic heterocycles. The van der Waals surface area contributed by atoms with E-state index < -0.39 is 11.7 Å². The van der Waals surface area contributed by atoms with E-state index in [0.29, 0.717) is 5.69 Å². The number of nitrogens with two attached hydrogens (primary N) is 1. The molecule has 0 radical (unpaired) electrons. The van der Waals surface area contributed by atoms with Crippen molar-refractivity contribution in [1.82, 2.24) is 0 Å². The molecule has 0 saturated heterocycles. The van der Waals surface area contributed by atoms with Crippen molar-refractivity contribution in [3.05, 3.63) is 59.4 Å². The standard InChI is InChI=1S/C15H15FN2O/c1-10-4-3-5-12(8-10)18(2)15(19)13-7-6-11(17)9-14(13)16/h3-9H,17H2,1-2H3. The molecule has 1 amide bonds. The molecule has 2 N–H and O–H groups in total. The topological polar surface area (TPSA) is 46.3 Å². The van der Waals surface area contributed by atoms with E-state index in [1.54, 1.807) is 13.1 Å². The molecule has 2 rings (SSSR count). The van der Waals surface area contributed by atoms with Gasteiger partial charge in [0, 0.05) is 18.4 Å². The van der Waals surface area contributed by atoms with Gasteiger partial charge in [0.25, 0.3) is 5.91 Å². The summed E-state index contributed by atoms with van der Waals surface area (Å²) in [4.78, 5) is 13.7. The highest BCUT2D eigenvalue weighted by Gasteiger charge is 2.17. The second-order valence-electron chi connectivity index (χ2n) is 4.44. The van der Waals surface area contributed by atoms with Crippen molar-refractivity contribution in [3.63, 3.8) is 0 Å². The Labute approximate surface area is 111 Å². The number of benzene rings is 2. The average molecular weight is 258 g/mol. The van der Waals surface area contributed by atoms with Crippen LogP contribution in [0.4, 0.5) is 15.8 Å². The smallest absolute Gasteiger partial charge is 0.260 e. The third-order valence-electron chi connectivity index (χ3n) is 2.92. The lowest BCUT2D eigenvalue weighted by molar-refractivity contribution is 0.0989. The molecule has 2 aromatic carbocycles. The van der Waals surface area contributed by atoms with E-state index in [2.05, 4.69) is 0 Å². The lowest BCUT2D eigenvalue weighted by Gasteiger charge is -2.18. The summed E-state index contributed by atoms with van der Waals surface area (Å²) in [5.41, 5.74) is 7.54. The number of anilines is 2. The van der Waals surface area contributed by atoms with Gasteiger partial charge in [0.1, 0.15) is 5.82 Å². The van der Waals surface area contributed by atoms with E-state index in [1.165, 1.54) is 17.0 Å². The van der Waals surface area contributed by atoms with Gasteiger partial charge < -0.3 is 10.6 Å². The minimum absolute atomic E-state index is 0.0122. The molecule has 2 aromatic rings. The zero-order valence-electron chi connectivity index (χ0n) is 10.9. The average Bonchev–Trinajstić information content (AvgIpc) is 2.37. The number of amides is 1. The minimum atomic E-state index is -0.607. The van der Waals surface area contributed by atoms with Crippen LogP contribution in [0.25, 0.3) is 0 Å². The third-order valence-corrected chi connectivity index (χ3v) is 2.92. The van der Waals surface area contributed by atoms with Gasteiger partial charge in [0.15, 0.2) is 0 Å². The number of carbonyl (C=O) groups is 1. The van der Waals surface area contributed by atoms with E-state index in [-0.39, 0.29) is 5.56 Å². The Balaban J connectivity index is 2.33. The van der Waals surface area contributed by atoms with Crippen LogP contribution in [-0.4, -0.2) is 13.0 Å². The first-order valence-electron chi connectivity index (χ1n) is 5.89. The van der Waals surface area contributed by atoms with Crippen molar-refractivity contribution in [2.45, 2.75) is 6.92 Å². The first-order valence-corrected chi connectivity index (χ1v) is 5.89. The van der Waals surface area contributed by atoms with Gasteiger partial charge in [-0.2, -0.15) is 0 Å². The van der Waals surface area contributed by atoms with Crippen molar-refractivity contribution in [1.29, 1.82) is 0 Å². The Hall–Kier alpha value is -2.36. The number of nitrogen functional groups attached to an aromatic ring is 1. The Kier molecular flexibility index (Phi) is 3.51. The Morgan fingerprint density at radius 3 is 2.58 bits per heavy atom. The maximum absolute atomic E-state index is 13.7. The second-order valence-corrected chi connectivity index (χ2v) is 4.44. The summed E-state index contributed by atoms with van der Waals surface area (Å²) < 4.78 is 13.7. The summed E-state index contributed by atoms with van der Waals surface area (Å²) in [6.45, 7) is 1.94. The highest BCUT2D eigenvalue weighted by molar-refractivity contribution is 6.06. The zero-order valence-corrected chi connectivity index (χ0v) is 10.9. The van der Waals surface area contributed by atoms with E-state index in [1.807, 2.05) is 25.1 Å². The third kappa shape index (κ3) is 2.73. The highest BCUT2D eigenvalue weighted by atomic mass is 19.1. The molecule has 0 heterocycles. The predicted octanol–water partition coefficient (Wildman–Crippen LogP) is 2.99. The van der Waals surface area contributed by atoms with Crippen molar-refractivity contribution in [2.24, 2.45) is 0 Å². The molecular formula is C15H15FN2O. The molecule has 3 nitrogen and oxygen atoms in total. The molecule has 0 aliphatic carbocycles. The molecule has 0 aromatic heterocycles. The van der Waals surface area contributed by atoms with Gasteiger partial charge in [-0.1, -0.05) is 12.1 Å². The summed E-state index contributed by atoms with van der Waals surface area (Å²) in [5, 5.41) is 0. The van der Waals surface area contributed by atoms with Crippen LogP contribution in [0.1, 0.15) is 15.9 Å². The lowest BCUT2D eigenvalue weighted by Crippen LogP contribution is -2.27. The maximum atomic E-state index is 13.7. The van der Waals surface area contributed by atoms with Crippen LogP contribution in [0.5, 0.6) is 0 Å². The molecule has 0 atom stereocenters. The highest BCUT2D eigenvalue weighted by Crippen LogP contribution is 2.19. The normalized spacial score (nSPS) is 10.3. The monoisotopic (exact) mass is 258 g/mol. The van der Waals surface area contributed by atoms with Gasteiger partial charge in [-0.25, -0.2) is 4.39 Å². The first kappa shape index (κ1) is 13.1. The van der Waals surface area contributed by atoms with Crippen molar-refractivity contribution in [2.75, 3.05) is 17.7 Å². The maximum Gasteiger partial charge on any atom is 0.260 e. The molecule has 0 saturated carbocycles. The number of hydrogen-bond donors (Lipinski definition) is 1. The molecule has 0 spiro atoms. The van der Waals surface area contributed by atoms with Crippen LogP contribution >= 0.6 is 0 Å². The Bertz CT molecular complexity index is 625. The fraction of sp³-hybridized carbons (Fsp3) is 0.133. The molecule has 19 heavy (non-hydrogen) atoms. The molecule has 98 valence electrons. The van der Waals surface area contributed by atoms with Crippen LogP contribution in [0.15, 0.2) is 42.5 Å². The largest absolute Gasteiger partial charge is 0.399 e. The summed E-state index contributed by atoms with van der Waals surface area (Å²) in [7, 11) is 1.62. The molecule has 4 heteroatoms. The fourth-order valence-electron chi connectivity index (χ4n) is 1.84. The van der Waals surface area contributed by atoms with Crippen molar-refractivity contribution >= 4 is 17.3 Å². The summed E-state index contributed by atoms with van der Waals surface area (Å²) in [5.74, 6) is -1.01. The minimum Gasteiger partial charge on any atom is -0.399 e. The van der Waals surface area contributed by atoms with Crippen LogP contribution in [0.2, 0.25) is 0 Å². The number of nitrogens with zero attached hydrogens (tertiary/aromatic N) is 1. The molecular weight excluding hydrogens is 243 g/mol. The SMILES string of the molecule is Cc1cccc(N(C)C(=O)c2ccc(N)cc2F)c1. The van der Waals surface area contributed by atoms with E-state index in [0.717, 1.165) is 17.3 Å². The summed E-state index contributed by atoms with van der Waals surface area (Å²) >= 11 is 0. The van der Waals surface area contributed by atoms with Crippen molar-refractivity contribution in [3.8, 4) is 0 Å². The molecule has 0 unspecified atom stereocenters. The van der Waals surface area contributed by atoms with Gasteiger partial charge in [0.2, 0.25) is 0 Å². The van der Waals surface area contributed by atoms with Crippen LogP contribution in [0.3, 0.4) is 0 Å². The van der Waals surface area contributed by atoms with E-state index >= 15 is 0 Å². The van der Waals surface area contributed by atoms with Crippen LogP contribution in [-0.2, 0) is 0 Å². The second kappa shape index (κ2) is 5.10. The number of aryl methyl sites for hydroxylation is 1. The lowest BCUT2D eigenvalue weighted by atomic mass is 10.1. The van der Waals surface area contributed by atoms with Crippen molar-refractivity contribution < 1.29 is 9.18 Å². The number of halogens is 1. The number of carbonyl (C=O) groups excluding carboxylic acids is 1. The van der Waals surface area contributed by atoms with Gasteiger partial charge >= 0.3 is 0 Å². The zero-order chi connectivity index (χ0) is 14.0. The molecule has 0 aliphatic rings. The Morgan fingerprint density at radius 1 is 1.21 bits per heavy atom. The van der Waals surface area contributed by atoms with E-state index in [4.69, 9.17) is 5.73 Å². The first-order chi connectivity index (χ1) is 8.99. The van der Waals surface area contributed by atoms with E-state index in [9.17, 15) is 9.18 Å². The Morgan fingerprint density at radius 2 is 1.95 bits per heavy atom. The summed E-state index contributed by atoms with van der Waals surface area (Å²) in [6.07, 6.45) is 0. The summed E-state index contributed by atoms with van der Waals surface area (Å²) in [6, 6.07) is 11.5. The van der Waals surface area contributed by atoms with Crippen LogP contribution in [0, 0.1) is 12.7 Å². The fourth-order valence-corrected chi connectivity index (χ4v) is 1.84. The number of rotatable bonds is 2. The van der Waals surface area contributed by atoms with Gasteiger partial charge in [-0.05, 0) is 42.8 Å². The predicted molar refractivity (Wildman–Crippen MR) is 74.7 cm³/mol. The van der Waals surface area contributed by atoms with Gasteiger partial charge in [0.05, 0.1) is 5.56 Å². The number of hydrogen-bond acceptors (Lipinski definition) is 2. The molecule has 0 bridgehead atoms. The van der Waals surface area contributed by atoms with Gasteiger partial charge in [-0.3, -0.25) is 4.79 Å². The quantitative estimate of drug-likeness (QED) is 0.842.